The molecule has 0 aliphatic carbocycles. The molecule has 10 nitrogen and oxygen atoms in total. The summed E-state index contributed by atoms with van der Waals surface area (Å²) in [5, 5.41) is 16.2. The third-order valence-electron chi connectivity index (χ3n) is 6.56. The zero-order chi connectivity index (χ0) is 25.3. The van der Waals surface area contributed by atoms with Crippen LogP contribution in [-0.4, -0.2) is 56.1 Å². The van der Waals surface area contributed by atoms with Crippen LogP contribution in [0.25, 0.3) is 22.3 Å². The molecule has 0 bridgehead atoms. The number of fused-ring (bicyclic) bond motifs is 1. The van der Waals surface area contributed by atoms with Crippen molar-refractivity contribution >= 4 is 28.4 Å². The van der Waals surface area contributed by atoms with Gasteiger partial charge in [0.25, 0.3) is 0 Å². The Morgan fingerprint density at radius 2 is 2.03 bits per heavy atom. The maximum Gasteiger partial charge on any atom is 0.227 e. The van der Waals surface area contributed by atoms with Crippen LogP contribution in [0.4, 0.5) is 17.5 Å². The second-order valence-corrected chi connectivity index (χ2v) is 9.61. The number of aromatic nitrogens is 6. The molecule has 1 unspecified atom stereocenters. The van der Waals surface area contributed by atoms with E-state index in [1.54, 1.807) is 0 Å². The lowest BCUT2D eigenvalue weighted by molar-refractivity contribution is 0.164. The number of hydrogen-bond acceptors (Lipinski definition) is 9. The van der Waals surface area contributed by atoms with Crippen molar-refractivity contribution in [2.24, 2.45) is 12.5 Å². The van der Waals surface area contributed by atoms with E-state index in [1.807, 2.05) is 62.8 Å². The summed E-state index contributed by atoms with van der Waals surface area (Å²) in [4.78, 5) is 14.1. The Hall–Kier alpha value is -3.79. The Kier molecular flexibility index (Phi) is 6.44. The molecule has 4 aromatic rings. The molecule has 1 aromatic carbocycles. The molecular weight excluding hydrogens is 456 g/mol. The number of pyridine rings is 1. The van der Waals surface area contributed by atoms with Crippen LogP contribution in [0.2, 0.25) is 0 Å². The zero-order valence-corrected chi connectivity index (χ0v) is 21.4. The minimum atomic E-state index is 0.0846. The maximum absolute atomic E-state index is 5.94. The number of benzene rings is 1. The molecule has 1 saturated heterocycles. The SMILES string of the molecule is CCOc1cc(-c2nnc(C)n2C)ccc1Nc1ncc2cc(C)nc(NCC3(C)CCOC3)c2n1. The fraction of sp³-hybridized carbons (Fsp3) is 0.423. The highest BCUT2D eigenvalue weighted by Crippen LogP contribution is 2.33. The van der Waals surface area contributed by atoms with Crippen molar-refractivity contribution in [3.05, 3.63) is 42.0 Å². The summed E-state index contributed by atoms with van der Waals surface area (Å²) < 4.78 is 13.5. The number of nitrogens with one attached hydrogen (secondary N) is 2. The predicted octanol–water partition coefficient (Wildman–Crippen LogP) is 4.42. The third-order valence-corrected chi connectivity index (χ3v) is 6.56. The van der Waals surface area contributed by atoms with Crippen LogP contribution in [-0.2, 0) is 11.8 Å². The molecule has 36 heavy (non-hydrogen) atoms. The number of anilines is 3. The zero-order valence-electron chi connectivity index (χ0n) is 21.4. The molecule has 0 amide bonds. The monoisotopic (exact) mass is 488 g/mol. The Bertz CT molecular complexity index is 1390. The van der Waals surface area contributed by atoms with Gasteiger partial charge < -0.3 is 24.7 Å². The van der Waals surface area contributed by atoms with Gasteiger partial charge in [-0.05, 0) is 51.5 Å². The highest BCUT2D eigenvalue weighted by atomic mass is 16.5. The van der Waals surface area contributed by atoms with Gasteiger partial charge in [-0.3, -0.25) is 0 Å². The lowest BCUT2D eigenvalue weighted by Gasteiger charge is -2.22. The molecule has 1 fully saturated rings. The summed E-state index contributed by atoms with van der Waals surface area (Å²) in [6.45, 7) is 10.9. The molecule has 0 spiro atoms. The second kappa shape index (κ2) is 9.69. The van der Waals surface area contributed by atoms with Gasteiger partial charge in [-0.2, -0.15) is 0 Å². The summed E-state index contributed by atoms with van der Waals surface area (Å²) in [5.41, 5.74) is 3.45. The van der Waals surface area contributed by atoms with Crippen LogP contribution in [0, 0.1) is 19.3 Å². The Balaban J connectivity index is 1.45. The molecule has 10 heteroatoms. The van der Waals surface area contributed by atoms with E-state index >= 15 is 0 Å². The number of nitrogens with zero attached hydrogens (tertiary/aromatic N) is 6. The van der Waals surface area contributed by atoms with Crippen molar-refractivity contribution in [2.45, 2.75) is 34.1 Å². The summed E-state index contributed by atoms with van der Waals surface area (Å²) >= 11 is 0. The first-order valence-electron chi connectivity index (χ1n) is 12.2. The molecule has 0 radical (unpaired) electrons. The molecule has 1 atom stereocenters. The number of rotatable bonds is 8. The Morgan fingerprint density at radius 3 is 2.75 bits per heavy atom. The first kappa shape index (κ1) is 23.9. The van der Waals surface area contributed by atoms with Crippen molar-refractivity contribution in [3.63, 3.8) is 0 Å². The smallest absolute Gasteiger partial charge is 0.227 e. The number of ether oxygens (including phenoxy) is 2. The fourth-order valence-electron chi connectivity index (χ4n) is 4.32. The fourth-order valence-corrected chi connectivity index (χ4v) is 4.32. The second-order valence-electron chi connectivity index (χ2n) is 9.61. The molecule has 188 valence electrons. The minimum absolute atomic E-state index is 0.0846. The standard InChI is InChI=1S/C26H32N8O2/c1-6-36-21-12-18(24-33-32-17(3)34(24)5)7-8-20(21)30-25-27-13-19-11-16(2)29-23(22(19)31-25)28-14-26(4)9-10-35-15-26/h7-8,11-13H,6,9-10,14-15H2,1-5H3,(H,28,29)(H,27,30,31). The maximum atomic E-state index is 5.94. The van der Waals surface area contributed by atoms with Gasteiger partial charge >= 0.3 is 0 Å². The van der Waals surface area contributed by atoms with Crippen molar-refractivity contribution < 1.29 is 9.47 Å². The molecule has 3 aromatic heterocycles. The predicted molar refractivity (Wildman–Crippen MR) is 140 cm³/mol. The van der Waals surface area contributed by atoms with Gasteiger partial charge in [0.1, 0.15) is 17.1 Å². The lowest BCUT2D eigenvalue weighted by Crippen LogP contribution is -2.27. The Morgan fingerprint density at radius 1 is 1.17 bits per heavy atom. The van der Waals surface area contributed by atoms with Crippen LogP contribution in [0.5, 0.6) is 5.75 Å². The molecule has 1 aliphatic heterocycles. The van der Waals surface area contributed by atoms with E-state index in [-0.39, 0.29) is 5.41 Å². The molecule has 2 N–H and O–H groups in total. The minimum Gasteiger partial charge on any atom is -0.492 e. The van der Waals surface area contributed by atoms with E-state index in [0.717, 1.165) is 71.5 Å². The van der Waals surface area contributed by atoms with Gasteiger partial charge in [0, 0.05) is 48.5 Å². The van der Waals surface area contributed by atoms with Crippen molar-refractivity contribution in [3.8, 4) is 17.1 Å². The summed E-state index contributed by atoms with van der Waals surface area (Å²) in [6.07, 6.45) is 2.84. The molecular formula is C26H32N8O2. The van der Waals surface area contributed by atoms with E-state index < -0.39 is 0 Å². The Labute approximate surface area is 210 Å². The van der Waals surface area contributed by atoms with E-state index in [0.29, 0.717) is 18.3 Å². The van der Waals surface area contributed by atoms with E-state index in [1.165, 1.54) is 0 Å². The van der Waals surface area contributed by atoms with Crippen LogP contribution in [0.15, 0.2) is 30.5 Å². The average Bonchev–Trinajstić information content (AvgIpc) is 3.44. The summed E-state index contributed by atoms with van der Waals surface area (Å²) in [7, 11) is 1.95. The summed E-state index contributed by atoms with van der Waals surface area (Å²) in [6, 6.07) is 7.88. The highest BCUT2D eigenvalue weighted by Gasteiger charge is 2.29. The van der Waals surface area contributed by atoms with Crippen LogP contribution < -0.4 is 15.4 Å². The molecule has 0 saturated carbocycles. The van der Waals surface area contributed by atoms with Gasteiger partial charge in [0.05, 0.1) is 18.9 Å². The van der Waals surface area contributed by atoms with Crippen molar-refractivity contribution in [1.29, 1.82) is 0 Å². The van der Waals surface area contributed by atoms with Gasteiger partial charge in [-0.1, -0.05) is 6.92 Å². The van der Waals surface area contributed by atoms with Crippen LogP contribution >= 0.6 is 0 Å². The first-order chi connectivity index (χ1) is 17.3. The highest BCUT2D eigenvalue weighted by molar-refractivity contribution is 5.89. The molecule has 4 heterocycles. The van der Waals surface area contributed by atoms with E-state index in [2.05, 4.69) is 32.7 Å². The van der Waals surface area contributed by atoms with Crippen molar-refractivity contribution in [2.75, 3.05) is 37.0 Å². The normalized spacial score (nSPS) is 17.5. The van der Waals surface area contributed by atoms with Gasteiger partial charge in [-0.25, -0.2) is 15.0 Å². The first-order valence-corrected chi connectivity index (χ1v) is 12.2. The third kappa shape index (κ3) is 4.81. The quantitative estimate of drug-likeness (QED) is 0.372. The average molecular weight is 489 g/mol. The van der Waals surface area contributed by atoms with Crippen molar-refractivity contribution in [1.82, 2.24) is 29.7 Å². The lowest BCUT2D eigenvalue weighted by atomic mass is 9.90. The largest absolute Gasteiger partial charge is 0.492 e. The van der Waals surface area contributed by atoms with Gasteiger partial charge in [-0.15, -0.1) is 10.2 Å². The molecule has 1 aliphatic rings. The summed E-state index contributed by atoms with van der Waals surface area (Å²) in [5.74, 6) is 3.53. The topological polar surface area (TPSA) is 112 Å². The van der Waals surface area contributed by atoms with Gasteiger partial charge in [0.15, 0.2) is 11.6 Å². The number of hydrogen-bond donors (Lipinski definition) is 2. The van der Waals surface area contributed by atoms with Crippen LogP contribution in [0.1, 0.15) is 31.8 Å². The molecule has 5 rings (SSSR count). The van der Waals surface area contributed by atoms with E-state index in [4.69, 9.17) is 19.4 Å². The van der Waals surface area contributed by atoms with E-state index in [9.17, 15) is 0 Å². The number of aryl methyl sites for hydroxylation is 2. The van der Waals surface area contributed by atoms with Gasteiger partial charge in [0.2, 0.25) is 5.95 Å². The van der Waals surface area contributed by atoms with Crippen LogP contribution in [0.3, 0.4) is 0 Å².